The summed E-state index contributed by atoms with van der Waals surface area (Å²) in [7, 11) is 1.63. The van der Waals surface area contributed by atoms with Gasteiger partial charge in [0.15, 0.2) is 11.4 Å². The van der Waals surface area contributed by atoms with E-state index in [1.165, 1.54) is 0 Å². The number of nitrogens with zero attached hydrogens (tertiary/aromatic N) is 3. The van der Waals surface area contributed by atoms with Gasteiger partial charge in [-0.2, -0.15) is 5.10 Å². The first-order chi connectivity index (χ1) is 14.3. The highest BCUT2D eigenvalue weighted by Gasteiger charge is 2.17. The predicted octanol–water partition coefficient (Wildman–Crippen LogP) is 4.06. The third kappa shape index (κ3) is 3.95. The number of benzene rings is 2. The maximum atomic E-state index is 12.9. The Morgan fingerprint density at radius 1 is 1.10 bits per heavy atom. The molecule has 0 amide bonds. The smallest absolute Gasteiger partial charge is 0.168 e. The van der Waals surface area contributed by atoms with E-state index < -0.39 is 5.60 Å². The molecule has 0 atom stereocenters. The summed E-state index contributed by atoms with van der Waals surface area (Å²) in [5, 5.41) is 14.5. The number of methoxy groups -OCH3 is 1. The van der Waals surface area contributed by atoms with Gasteiger partial charge in [0.1, 0.15) is 5.75 Å². The van der Waals surface area contributed by atoms with E-state index >= 15 is 0 Å². The van der Waals surface area contributed by atoms with E-state index in [1.807, 2.05) is 36.4 Å². The summed E-state index contributed by atoms with van der Waals surface area (Å²) in [5.41, 5.74) is 3.51. The van der Waals surface area contributed by atoms with Crippen molar-refractivity contribution in [2.24, 2.45) is 0 Å². The number of Topliss-reactive ketones (excluding diaryl/α,β-unsaturated/α-hetero) is 1. The van der Waals surface area contributed by atoms with Crippen molar-refractivity contribution in [2.75, 3.05) is 7.11 Å². The second kappa shape index (κ2) is 7.72. The van der Waals surface area contributed by atoms with Gasteiger partial charge in [-0.15, -0.1) is 0 Å². The van der Waals surface area contributed by atoms with Crippen LogP contribution in [0.5, 0.6) is 5.75 Å². The number of hydrogen-bond donors (Lipinski definition) is 1. The zero-order chi connectivity index (χ0) is 21.3. The molecule has 2 aromatic heterocycles. The first kappa shape index (κ1) is 19.8. The Morgan fingerprint density at radius 2 is 1.87 bits per heavy atom. The number of hydrogen-bond acceptors (Lipinski definition) is 5. The van der Waals surface area contributed by atoms with Gasteiger partial charge in [-0.25, -0.2) is 9.50 Å². The van der Waals surface area contributed by atoms with E-state index in [0.29, 0.717) is 16.9 Å². The van der Waals surface area contributed by atoms with Gasteiger partial charge < -0.3 is 9.84 Å². The van der Waals surface area contributed by atoms with Crippen LogP contribution in [-0.2, 0) is 12.0 Å². The van der Waals surface area contributed by atoms with Crippen LogP contribution in [0.25, 0.3) is 16.9 Å². The number of ether oxygens (including phenoxy) is 1. The van der Waals surface area contributed by atoms with Crippen LogP contribution in [0.1, 0.15) is 35.5 Å². The molecule has 0 aliphatic carbocycles. The first-order valence-corrected chi connectivity index (χ1v) is 9.69. The minimum absolute atomic E-state index is 0.0368. The summed E-state index contributed by atoms with van der Waals surface area (Å²) in [6, 6.07) is 18.5. The van der Waals surface area contributed by atoms with Gasteiger partial charge in [-0.3, -0.25) is 4.79 Å². The number of aliphatic hydroxyl groups is 1. The lowest BCUT2D eigenvalue weighted by atomic mass is 9.96. The van der Waals surface area contributed by atoms with Gasteiger partial charge in [0.25, 0.3) is 0 Å². The fourth-order valence-corrected chi connectivity index (χ4v) is 3.37. The van der Waals surface area contributed by atoms with E-state index in [4.69, 9.17) is 4.74 Å². The largest absolute Gasteiger partial charge is 0.497 e. The van der Waals surface area contributed by atoms with E-state index in [0.717, 1.165) is 22.6 Å². The fraction of sp³-hybridized carbons (Fsp3) is 0.208. The van der Waals surface area contributed by atoms with E-state index in [-0.39, 0.29) is 12.2 Å². The standard InChI is InChI=1S/C24H23N3O3/c1-24(2,29)18-9-7-16(8-10-18)22(28)15-19-14-21(27-23(26-19)11-12-25-27)17-5-4-6-20(13-17)30-3/h4-14,29H,15H2,1-3H3. The first-order valence-electron chi connectivity index (χ1n) is 9.69. The summed E-state index contributed by atoms with van der Waals surface area (Å²) in [6.07, 6.45) is 1.85. The molecule has 0 fully saturated rings. The number of carbonyl (C=O) groups is 1. The molecule has 0 unspecified atom stereocenters. The average Bonchev–Trinajstić information content (AvgIpc) is 3.21. The van der Waals surface area contributed by atoms with Crippen LogP contribution >= 0.6 is 0 Å². The number of ketones is 1. The topological polar surface area (TPSA) is 76.7 Å². The summed E-state index contributed by atoms with van der Waals surface area (Å²) < 4.78 is 7.09. The van der Waals surface area contributed by atoms with Crippen LogP contribution in [0.15, 0.2) is 66.9 Å². The molecule has 0 aliphatic heterocycles. The Bertz CT molecular complexity index is 1200. The van der Waals surface area contributed by atoms with Crippen molar-refractivity contribution in [3.05, 3.63) is 83.7 Å². The highest BCUT2D eigenvalue weighted by Crippen LogP contribution is 2.25. The molecule has 6 nitrogen and oxygen atoms in total. The lowest BCUT2D eigenvalue weighted by Crippen LogP contribution is -2.15. The molecule has 0 saturated heterocycles. The second-order valence-corrected chi connectivity index (χ2v) is 7.70. The molecule has 6 heteroatoms. The van der Waals surface area contributed by atoms with Crippen LogP contribution in [0.4, 0.5) is 0 Å². The lowest BCUT2D eigenvalue weighted by molar-refractivity contribution is 0.0784. The zero-order valence-electron chi connectivity index (χ0n) is 17.2. The molecular weight excluding hydrogens is 378 g/mol. The Kier molecular flexibility index (Phi) is 5.10. The predicted molar refractivity (Wildman–Crippen MR) is 115 cm³/mol. The van der Waals surface area contributed by atoms with E-state index in [1.54, 1.807) is 55.9 Å². The van der Waals surface area contributed by atoms with Crippen molar-refractivity contribution >= 4 is 11.4 Å². The molecular formula is C24H23N3O3. The lowest BCUT2D eigenvalue weighted by Gasteiger charge is -2.17. The minimum Gasteiger partial charge on any atom is -0.497 e. The number of fused-ring (bicyclic) bond motifs is 1. The summed E-state index contributed by atoms with van der Waals surface area (Å²) in [6.45, 7) is 3.43. The van der Waals surface area contributed by atoms with Gasteiger partial charge in [-0.1, -0.05) is 36.4 Å². The average molecular weight is 401 g/mol. The molecule has 0 saturated carbocycles. The molecule has 152 valence electrons. The number of carbonyl (C=O) groups excluding carboxylic acids is 1. The fourth-order valence-electron chi connectivity index (χ4n) is 3.37. The summed E-state index contributed by atoms with van der Waals surface area (Å²) in [4.78, 5) is 17.4. The molecule has 4 aromatic rings. The quantitative estimate of drug-likeness (QED) is 0.493. The molecule has 0 aliphatic rings. The number of aromatic nitrogens is 3. The third-order valence-corrected chi connectivity index (χ3v) is 5.03. The van der Waals surface area contributed by atoms with Gasteiger partial charge in [0.2, 0.25) is 0 Å². The second-order valence-electron chi connectivity index (χ2n) is 7.70. The minimum atomic E-state index is -0.943. The van der Waals surface area contributed by atoms with Crippen molar-refractivity contribution in [1.82, 2.24) is 14.6 Å². The van der Waals surface area contributed by atoms with Gasteiger partial charge >= 0.3 is 0 Å². The molecule has 2 heterocycles. The molecule has 0 spiro atoms. The highest BCUT2D eigenvalue weighted by atomic mass is 16.5. The Balaban J connectivity index is 1.67. The molecule has 2 aromatic carbocycles. The highest BCUT2D eigenvalue weighted by molar-refractivity contribution is 5.97. The zero-order valence-corrected chi connectivity index (χ0v) is 17.2. The van der Waals surface area contributed by atoms with Crippen molar-refractivity contribution in [3.63, 3.8) is 0 Å². The van der Waals surface area contributed by atoms with Crippen molar-refractivity contribution < 1.29 is 14.6 Å². The van der Waals surface area contributed by atoms with Gasteiger partial charge in [0.05, 0.1) is 36.7 Å². The van der Waals surface area contributed by atoms with Crippen LogP contribution in [0, 0.1) is 0 Å². The van der Waals surface area contributed by atoms with Crippen molar-refractivity contribution in [2.45, 2.75) is 25.9 Å². The van der Waals surface area contributed by atoms with Gasteiger partial charge in [0, 0.05) is 17.2 Å². The van der Waals surface area contributed by atoms with Crippen LogP contribution in [0.3, 0.4) is 0 Å². The number of rotatable bonds is 6. The SMILES string of the molecule is COc1cccc(-c2cc(CC(=O)c3ccc(C(C)(C)O)cc3)nc3ccnn23)c1. The normalized spacial score (nSPS) is 11.6. The van der Waals surface area contributed by atoms with Crippen LogP contribution < -0.4 is 4.74 Å². The maximum Gasteiger partial charge on any atom is 0.168 e. The summed E-state index contributed by atoms with van der Waals surface area (Å²) in [5.74, 6) is 0.708. The van der Waals surface area contributed by atoms with Crippen molar-refractivity contribution in [3.8, 4) is 17.0 Å². The summed E-state index contributed by atoms with van der Waals surface area (Å²) >= 11 is 0. The Labute approximate surface area is 174 Å². The van der Waals surface area contributed by atoms with Crippen LogP contribution in [-0.4, -0.2) is 32.6 Å². The van der Waals surface area contributed by atoms with Gasteiger partial charge in [-0.05, 0) is 37.6 Å². The third-order valence-electron chi connectivity index (χ3n) is 5.03. The van der Waals surface area contributed by atoms with E-state index in [9.17, 15) is 9.90 Å². The monoisotopic (exact) mass is 401 g/mol. The molecule has 0 radical (unpaired) electrons. The van der Waals surface area contributed by atoms with Crippen LogP contribution in [0.2, 0.25) is 0 Å². The Hall–Kier alpha value is -3.51. The molecule has 1 N–H and O–H groups in total. The maximum absolute atomic E-state index is 12.9. The molecule has 4 rings (SSSR count). The Morgan fingerprint density at radius 3 is 2.57 bits per heavy atom. The van der Waals surface area contributed by atoms with Crippen molar-refractivity contribution in [1.29, 1.82) is 0 Å². The molecule has 30 heavy (non-hydrogen) atoms. The molecule has 0 bridgehead atoms. The van der Waals surface area contributed by atoms with E-state index in [2.05, 4.69) is 10.1 Å².